The van der Waals surface area contributed by atoms with Crippen LogP contribution in [0, 0.1) is 5.92 Å². The van der Waals surface area contributed by atoms with Gasteiger partial charge in [-0.1, -0.05) is 13.3 Å². The summed E-state index contributed by atoms with van der Waals surface area (Å²) in [6.07, 6.45) is 5.24. The number of nitrogens with one attached hydrogen (secondary N) is 1. The van der Waals surface area contributed by atoms with Crippen molar-refractivity contribution in [3.8, 4) is 0 Å². The fourth-order valence-electron chi connectivity index (χ4n) is 2.58. The number of nitrogens with zero attached hydrogens (tertiary/aromatic N) is 1. The topological polar surface area (TPSA) is 52.6 Å². The first-order valence-electron chi connectivity index (χ1n) is 7.16. The highest BCUT2D eigenvalue weighted by atomic mass is 16.3. The van der Waals surface area contributed by atoms with Crippen LogP contribution in [0.25, 0.3) is 0 Å². The Labute approximate surface area is 111 Å². The molecule has 4 nitrogen and oxygen atoms in total. The molecule has 0 unspecified atom stereocenters. The van der Waals surface area contributed by atoms with E-state index in [-0.39, 0.29) is 17.9 Å². The fourth-order valence-corrected chi connectivity index (χ4v) is 2.58. The Hall–Kier alpha value is -0.610. The van der Waals surface area contributed by atoms with Gasteiger partial charge in [0.2, 0.25) is 5.91 Å². The third-order valence-electron chi connectivity index (χ3n) is 3.93. The van der Waals surface area contributed by atoms with Crippen molar-refractivity contribution in [3.05, 3.63) is 0 Å². The van der Waals surface area contributed by atoms with Crippen LogP contribution in [0.2, 0.25) is 0 Å². The molecule has 0 bridgehead atoms. The average molecular weight is 256 g/mol. The summed E-state index contributed by atoms with van der Waals surface area (Å²) in [4.78, 5) is 14.2. The molecular formula is C14H28N2O2. The number of likely N-dealkylation sites (N-methyl/N-ethyl adjacent to an activating group) is 1. The second-order valence-corrected chi connectivity index (χ2v) is 5.66. The predicted molar refractivity (Wildman–Crippen MR) is 73.4 cm³/mol. The summed E-state index contributed by atoms with van der Waals surface area (Å²) < 4.78 is 0. The van der Waals surface area contributed by atoms with Crippen molar-refractivity contribution in [1.29, 1.82) is 0 Å². The molecule has 0 radical (unpaired) electrons. The lowest BCUT2D eigenvalue weighted by Gasteiger charge is -2.27. The van der Waals surface area contributed by atoms with E-state index in [1.807, 2.05) is 0 Å². The minimum atomic E-state index is -0.191. The molecule has 1 amide bonds. The molecule has 1 fully saturated rings. The molecule has 0 aromatic carbocycles. The maximum atomic E-state index is 12.0. The molecule has 18 heavy (non-hydrogen) atoms. The normalized spacial score (nSPS) is 26.1. The van der Waals surface area contributed by atoms with Gasteiger partial charge in [0.15, 0.2) is 0 Å². The lowest BCUT2D eigenvalue weighted by atomic mass is 9.87. The van der Waals surface area contributed by atoms with Gasteiger partial charge in [0, 0.05) is 18.5 Å². The van der Waals surface area contributed by atoms with Crippen LogP contribution in [0.1, 0.15) is 45.4 Å². The predicted octanol–water partition coefficient (Wildman–Crippen LogP) is 1.38. The van der Waals surface area contributed by atoms with E-state index < -0.39 is 0 Å². The number of carbonyl (C=O) groups is 1. The number of hydrogen-bond acceptors (Lipinski definition) is 3. The van der Waals surface area contributed by atoms with Gasteiger partial charge in [0.05, 0.1) is 6.10 Å². The Balaban J connectivity index is 2.31. The lowest BCUT2D eigenvalue weighted by molar-refractivity contribution is -0.126. The minimum absolute atomic E-state index is 0.109. The molecule has 0 spiro atoms. The van der Waals surface area contributed by atoms with Gasteiger partial charge in [-0.05, 0) is 46.2 Å². The second kappa shape index (κ2) is 7.74. The van der Waals surface area contributed by atoms with E-state index in [9.17, 15) is 9.90 Å². The molecule has 106 valence electrons. The Morgan fingerprint density at radius 3 is 2.44 bits per heavy atom. The van der Waals surface area contributed by atoms with Gasteiger partial charge in [-0.15, -0.1) is 0 Å². The Bertz CT molecular complexity index is 248. The maximum absolute atomic E-state index is 12.0. The molecule has 0 saturated heterocycles. The smallest absolute Gasteiger partial charge is 0.223 e. The highest BCUT2D eigenvalue weighted by molar-refractivity contribution is 5.78. The molecular weight excluding hydrogens is 228 g/mol. The number of rotatable bonds is 6. The first kappa shape index (κ1) is 15.4. The molecule has 1 aliphatic carbocycles. The van der Waals surface area contributed by atoms with E-state index in [2.05, 4.69) is 31.2 Å². The zero-order valence-corrected chi connectivity index (χ0v) is 12.0. The molecule has 4 heteroatoms. The van der Waals surface area contributed by atoms with Gasteiger partial charge in [-0.2, -0.15) is 0 Å². The van der Waals surface area contributed by atoms with E-state index in [4.69, 9.17) is 0 Å². The van der Waals surface area contributed by atoms with Crippen LogP contribution in [0.15, 0.2) is 0 Å². The standard InChI is InChI=1S/C14H28N2O2/c1-4-5-12(16(2)3)10-15-14(18)11-6-8-13(17)9-7-11/h11-13,17H,4-10H2,1-3H3,(H,15,18)/t11?,12-,13?/m1/s1. The number of aliphatic hydroxyl groups is 1. The van der Waals surface area contributed by atoms with Crippen LogP contribution in [0.4, 0.5) is 0 Å². The van der Waals surface area contributed by atoms with Crippen LogP contribution in [0.3, 0.4) is 0 Å². The summed E-state index contributed by atoms with van der Waals surface area (Å²) in [7, 11) is 4.12. The van der Waals surface area contributed by atoms with Crippen LogP contribution < -0.4 is 5.32 Å². The van der Waals surface area contributed by atoms with Crippen molar-refractivity contribution in [2.75, 3.05) is 20.6 Å². The maximum Gasteiger partial charge on any atom is 0.223 e. The molecule has 0 aliphatic heterocycles. The third kappa shape index (κ3) is 4.94. The van der Waals surface area contributed by atoms with Crippen molar-refractivity contribution in [3.63, 3.8) is 0 Å². The number of aliphatic hydroxyl groups excluding tert-OH is 1. The highest BCUT2D eigenvalue weighted by Crippen LogP contribution is 2.24. The zero-order chi connectivity index (χ0) is 13.5. The van der Waals surface area contributed by atoms with E-state index in [1.165, 1.54) is 0 Å². The largest absolute Gasteiger partial charge is 0.393 e. The number of amides is 1. The lowest BCUT2D eigenvalue weighted by Crippen LogP contribution is -2.43. The van der Waals surface area contributed by atoms with Gasteiger partial charge >= 0.3 is 0 Å². The van der Waals surface area contributed by atoms with E-state index in [1.54, 1.807) is 0 Å². The summed E-state index contributed by atoms with van der Waals surface area (Å²) in [5.74, 6) is 0.280. The summed E-state index contributed by atoms with van der Waals surface area (Å²) >= 11 is 0. The molecule has 2 N–H and O–H groups in total. The first-order valence-corrected chi connectivity index (χ1v) is 7.16. The molecule has 0 aromatic rings. The van der Waals surface area contributed by atoms with Gasteiger partial charge in [-0.3, -0.25) is 4.79 Å². The van der Waals surface area contributed by atoms with Crippen molar-refractivity contribution >= 4 is 5.91 Å². The minimum Gasteiger partial charge on any atom is -0.393 e. The molecule has 1 saturated carbocycles. The van der Waals surface area contributed by atoms with Crippen LogP contribution in [-0.4, -0.2) is 48.7 Å². The van der Waals surface area contributed by atoms with E-state index in [0.29, 0.717) is 6.04 Å². The van der Waals surface area contributed by atoms with E-state index >= 15 is 0 Å². The fraction of sp³-hybridized carbons (Fsp3) is 0.929. The van der Waals surface area contributed by atoms with Crippen LogP contribution in [0.5, 0.6) is 0 Å². The quantitative estimate of drug-likeness (QED) is 0.755. The molecule has 1 atom stereocenters. The number of hydrogen-bond donors (Lipinski definition) is 2. The molecule has 0 aromatic heterocycles. The van der Waals surface area contributed by atoms with Crippen molar-refractivity contribution < 1.29 is 9.90 Å². The van der Waals surface area contributed by atoms with Gasteiger partial charge < -0.3 is 15.3 Å². The van der Waals surface area contributed by atoms with Crippen molar-refractivity contribution in [1.82, 2.24) is 10.2 Å². The summed E-state index contributed by atoms with van der Waals surface area (Å²) in [6.45, 7) is 2.90. The molecule has 0 heterocycles. The second-order valence-electron chi connectivity index (χ2n) is 5.66. The van der Waals surface area contributed by atoms with Gasteiger partial charge in [-0.25, -0.2) is 0 Å². The average Bonchev–Trinajstić information content (AvgIpc) is 2.34. The van der Waals surface area contributed by atoms with E-state index in [0.717, 1.165) is 45.1 Å². The Kier molecular flexibility index (Phi) is 6.65. The summed E-state index contributed by atoms with van der Waals surface area (Å²) in [5.41, 5.74) is 0. The van der Waals surface area contributed by atoms with Crippen molar-refractivity contribution in [2.24, 2.45) is 5.92 Å². The summed E-state index contributed by atoms with van der Waals surface area (Å²) in [5, 5.41) is 12.5. The number of carbonyl (C=O) groups excluding carboxylic acids is 1. The summed E-state index contributed by atoms with van der Waals surface area (Å²) in [6, 6.07) is 0.424. The Morgan fingerprint density at radius 2 is 1.94 bits per heavy atom. The Morgan fingerprint density at radius 1 is 1.33 bits per heavy atom. The monoisotopic (exact) mass is 256 g/mol. The van der Waals surface area contributed by atoms with Gasteiger partial charge in [0.1, 0.15) is 0 Å². The van der Waals surface area contributed by atoms with Crippen molar-refractivity contribution in [2.45, 2.75) is 57.6 Å². The molecule has 1 aliphatic rings. The van der Waals surface area contributed by atoms with Crippen LogP contribution in [-0.2, 0) is 4.79 Å². The van der Waals surface area contributed by atoms with Crippen LogP contribution >= 0.6 is 0 Å². The zero-order valence-electron chi connectivity index (χ0n) is 12.0. The van der Waals surface area contributed by atoms with Gasteiger partial charge in [0.25, 0.3) is 0 Å². The SMILES string of the molecule is CCC[C@H](CNC(=O)C1CCC(O)CC1)N(C)C. The third-order valence-corrected chi connectivity index (χ3v) is 3.93. The first-order chi connectivity index (χ1) is 8.54. The molecule has 1 rings (SSSR count). The highest BCUT2D eigenvalue weighted by Gasteiger charge is 2.25.